The van der Waals surface area contributed by atoms with E-state index in [4.69, 9.17) is 4.74 Å². The van der Waals surface area contributed by atoms with Crippen LogP contribution in [0.1, 0.15) is 26.7 Å². The van der Waals surface area contributed by atoms with Crippen molar-refractivity contribution in [3.05, 3.63) is 0 Å². The number of aliphatic carboxylic acids is 1. The van der Waals surface area contributed by atoms with Crippen LogP contribution in [0.25, 0.3) is 0 Å². The van der Waals surface area contributed by atoms with Crippen molar-refractivity contribution in [2.24, 2.45) is 11.8 Å². The van der Waals surface area contributed by atoms with E-state index in [1.165, 1.54) is 0 Å². The molecular formula is C12H18NO4-. The minimum Gasteiger partial charge on any atom is -0.550 e. The predicted octanol–water partition coefficient (Wildman–Crippen LogP) is -0.602. The van der Waals surface area contributed by atoms with Crippen LogP contribution in [0.5, 0.6) is 0 Å². The minimum absolute atomic E-state index is 0.101. The molecule has 0 aromatic heterocycles. The fourth-order valence-electron chi connectivity index (χ4n) is 3.04. The lowest BCUT2D eigenvalue weighted by Crippen LogP contribution is -2.49. The van der Waals surface area contributed by atoms with Gasteiger partial charge in [0.15, 0.2) is 0 Å². The molecule has 2 heterocycles. The maximum absolute atomic E-state index is 12.3. The highest BCUT2D eigenvalue weighted by molar-refractivity contribution is 5.86. The summed E-state index contributed by atoms with van der Waals surface area (Å²) < 4.78 is 5.55. The number of rotatable bonds is 4. The van der Waals surface area contributed by atoms with Crippen molar-refractivity contribution in [3.63, 3.8) is 0 Å². The molecule has 2 saturated heterocycles. The minimum atomic E-state index is -1.15. The average Bonchev–Trinajstić information content (AvgIpc) is 2.89. The first-order chi connectivity index (χ1) is 8.10. The summed E-state index contributed by atoms with van der Waals surface area (Å²) in [6, 6.07) is 0. The van der Waals surface area contributed by atoms with E-state index in [0.717, 1.165) is 12.8 Å². The Morgan fingerprint density at radius 2 is 1.71 bits per heavy atom. The van der Waals surface area contributed by atoms with Crippen molar-refractivity contribution in [2.45, 2.75) is 38.9 Å². The molecule has 0 radical (unpaired) electrons. The zero-order valence-electron chi connectivity index (χ0n) is 10.2. The second-order valence-electron chi connectivity index (χ2n) is 4.67. The van der Waals surface area contributed by atoms with Gasteiger partial charge in [-0.25, -0.2) is 0 Å². The van der Waals surface area contributed by atoms with E-state index in [1.807, 2.05) is 13.8 Å². The first kappa shape index (κ1) is 12.4. The summed E-state index contributed by atoms with van der Waals surface area (Å²) >= 11 is 0. The molecule has 2 aliphatic heterocycles. The second kappa shape index (κ2) is 4.64. The Balaban J connectivity index is 2.18. The molecule has 0 aliphatic carbocycles. The Morgan fingerprint density at radius 1 is 1.18 bits per heavy atom. The first-order valence-electron chi connectivity index (χ1n) is 6.25. The summed E-state index contributed by atoms with van der Waals surface area (Å²) in [5, 5.41) is 11.1. The van der Waals surface area contributed by atoms with Gasteiger partial charge in [0, 0.05) is 25.0 Å². The molecule has 2 bridgehead atoms. The Hall–Kier alpha value is -1.10. The summed E-state index contributed by atoms with van der Waals surface area (Å²) in [4.78, 5) is 25.1. The third-order valence-electron chi connectivity index (χ3n) is 3.91. The number of carboxylic acids is 1. The van der Waals surface area contributed by atoms with Crippen molar-refractivity contribution >= 4 is 11.9 Å². The summed E-state index contributed by atoms with van der Waals surface area (Å²) in [5.74, 6) is -2.56. The van der Waals surface area contributed by atoms with Crippen LogP contribution in [0.3, 0.4) is 0 Å². The summed E-state index contributed by atoms with van der Waals surface area (Å²) in [5.41, 5.74) is 0. The van der Waals surface area contributed by atoms with E-state index in [-0.39, 0.29) is 18.1 Å². The van der Waals surface area contributed by atoms with Gasteiger partial charge in [-0.05, 0) is 26.7 Å². The van der Waals surface area contributed by atoms with Crippen LogP contribution < -0.4 is 5.11 Å². The molecule has 1 amide bonds. The predicted molar refractivity (Wildman–Crippen MR) is 57.8 cm³/mol. The van der Waals surface area contributed by atoms with Gasteiger partial charge in [0.05, 0.1) is 18.1 Å². The van der Waals surface area contributed by atoms with Gasteiger partial charge in [-0.3, -0.25) is 4.79 Å². The standard InChI is InChI=1S/C12H19NO4/c1-3-13(4-2)11(14)9-7-5-6-8(17-7)10(9)12(15)16/h7-10H,3-6H2,1-2H3,(H,15,16)/p-1/t7-,8+,9+,10-/m0/s1. The van der Waals surface area contributed by atoms with Crippen LogP contribution >= 0.6 is 0 Å². The number of ether oxygens (including phenoxy) is 1. The molecule has 17 heavy (non-hydrogen) atoms. The third-order valence-corrected chi connectivity index (χ3v) is 3.91. The number of nitrogens with zero attached hydrogens (tertiary/aromatic N) is 1. The molecule has 5 nitrogen and oxygen atoms in total. The van der Waals surface area contributed by atoms with Gasteiger partial charge in [-0.2, -0.15) is 0 Å². The van der Waals surface area contributed by atoms with E-state index in [1.54, 1.807) is 4.90 Å². The van der Waals surface area contributed by atoms with Crippen LogP contribution in [0.2, 0.25) is 0 Å². The highest BCUT2D eigenvalue weighted by Gasteiger charge is 2.53. The van der Waals surface area contributed by atoms with E-state index in [9.17, 15) is 14.7 Å². The number of carbonyl (C=O) groups is 2. The normalized spacial score (nSPS) is 34.9. The lowest BCUT2D eigenvalue weighted by Gasteiger charge is -2.31. The fourth-order valence-corrected chi connectivity index (χ4v) is 3.04. The lowest BCUT2D eigenvalue weighted by atomic mass is 9.78. The van der Waals surface area contributed by atoms with Gasteiger partial charge in [0.1, 0.15) is 0 Å². The van der Waals surface area contributed by atoms with Crippen molar-refractivity contribution in [3.8, 4) is 0 Å². The number of carboxylic acid groups (broad SMARTS) is 1. The Kier molecular flexibility index (Phi) is 3.38. The molecule has 2 rings (SSSR count). The molecule has 0 unspecified atom stereocenters. The first-order valence-corrected chi connectivity index (χ1v) is 6.25. The highest BCUT2D eigenvalue weighted by atomic mass is 16.5. The van der Waals surface area contributed by atoms with Crippen molar-refractivity contribution < 1.29 is 19.4 Å². The molecule has 0 saturated carbocycles. The molecule has 0 aromatic rings. The molecular weight excluding hydrogens is 222 g/mol. The lowest BCUT2D eigenvalue weighted by molar-refractivity contribution is -0.314. The van der Waals surface area contributed by atoms with Crippen molar-refractivity contribution in [1.29, 1.82) is 0 Å². The molecule has 96 valence electrons. The average molecular weight is 240 g/mol. The number of hydrogen-bond acceptors (Lipinski definition) is 4. The quantitative estimate of drug-likeness (QED) is 0.658. The molecule has 0 aromatic carbocycles. The van der Waals surface area contributed by atoms with Gasteiger partial charge in [-0.15, -0.1) is 0 Å². The molecule has 0 spiro atoms. The van der Waals surface area contributed by atoms with Crippen molar-refractivity contribution in [2.75, 3.05) is 13.1 Å². The topological polar surface area (TPSA) is 69.7 Å². The summed E-state index contributed by atoms with van der Waals surface area (Å²) in [6.45, 7) is 4.99. The molecule has 2 aliphatic rings. The van der Waals surface area contributed by atoms with Crippen LogP contribution in [0.4, 0.5) is 0 Å². The van der Waals surface area contributed by atoms with E-state index < -0.39 is 17.8 Å². The molecule has 0 N–H and O–H groups in total. The Morgan fingerprint density at radius 3 is 2.18 bits per heavy atom. The van der Waals surface area contributed by atoms with Crippen LogP contribution in [-0.2, 0) is 14.3 Å². The molecule has 2 fully saturated rings. The van der Waals surface area contributed by atoms with E-state index >= 15 is 0 Å². The zero-order chi connectivity index (χ0) is 12.6. The zero-order valence-corrected chi connectivity index (χ0v) is 10.2. The Labute approximate surface area is 101 Å². The van der Waals surface area contributed by atoms with Gasteiger partial charge in [-0.1, -0.05) is 0 Å². The van der Waals surface area contributed by atoms with Gasteiger partial charge in [0.2, 0.25) is 5.91 Å². The van der Waals surface area contributed by atoms with E-state index in [2.05, 4.69) is 0 Å². The summed E-state index contributed by atoms with van der Waals surface area (Å²) in [6.07, 6.45) is 0.961. The van der Waals surface area contributed by atoms with E-state index in [0.29, 0.717) is 13.1 Å². The smallest absolute Gasteiger partial charge is 0.229 e. The SMILES string of the molecule is CCN(CC)C(=O)[C@H]1[C@@H](C(=O)[O-])[C@H]2CC[C@@H]1O2. The second-order valence-corrected chi connectivity index (χ2v) is 4.67. The van der Waals surface area contributed by atoms with Gasteiger partial charge < -0.3 is 19.5 Å². The fraction of sp³-hybridized carbons (Fsp3) is 0.833. The molecule has 5 heteroatoms. The van der Waals surface area contributed by atoms with Crippen LogP contribution in [0.15, 0.2) is 0 Å². The van der Waals surface area contributed by atoms with Gasteiger partial charge in [0.25, 0.3) is 0 Å². The highest BCUT2D eigenvalue weighted by Crippen LogP contribution is 2.43. The number of amides is 1. The molecule has 4 atom stereocenters. The Bertz CT molecular complexity index is 326. The van der Waals surface area contributed by atoms with Crippen molar-refractivity contribution in [1.82, 2.24) is 4.90 Å². The number of carbonyl (C=O) groups excluding carboxylic acids is 2. The van der Waals surface area contributed by atoms with Gasteiger partial charge >= 0.3 is 0 Å². The maximum Gasteiger partial charge on any atom is 0.229 e. The number of hydrogen-bond donors (Lipinski definition) is 0. The monoisotopic (exact) mass is 240 g/mol. The van der Waals surface area contributed by atoms with Crippen LogP contribution in [-0.4, -0.2) is 42.1 Å². The largest absolute Gasteiger partial charge is 0.550 e. The maximum atomic E-state index is 12.3. The third kappa shape index (κ3) is 1.92. The summed E-state index contributed by atoms with van der Waals surface area (Å²) in [7, 11) is 0. The van der Waals surface area contributed by atoms with Crippen LogP contribution in [0, 0.1) is 11.8 Å². The number of fused-ring (bicyclic) bond motifs is 2.